The van der Waals surface area contributed by atoms with E-state index in [-0.39, 0.29) is 17.4 Å². The number of carbonyl (C=O) groups excluding carboxylic acids is 1. The van der Waals surface area contributed by atoms with Gasteiger partial charge in [0.05, 0.1) is 0 Å². The summed E-state index contributed by atoms with van der Waals surface area (Å²) in [6, 6.07) is 9.96. The maximum Gasteiger partial charge on any atom is 0.190 e. The Labute approximate surface area is 125 Å². The molecular formula is C16H12F2O2S. The Bertz CT molecular complexity index is 640. The number of rotatable bonds is 4. The highest BCUT2D eigenvalue weighted by atomic mass is 32.2. The van der Waals surface area contributed by atoms with Crippen molar-refractivity contribution in [2.45, 2.75) is 16.6 Å². The molecule has 2 nitrogen and oxygen atoms in total. The maximum atomic E-state index is 13.7. The van der Waals surface area contributed by atoms with Crippen LogP contribution in [0, 0.1) is 11.6 Å². The number of carbonyl (C=O) groups is 1. The van der Waals surface area contributed by atoms with Crippen molar-refractivity contribution in [3.8, 4) is 5.75 Å². The van der Waals surface area contributed by atoms with Crippen molar-refractivity contribution in [1.29, 1.82) is 0 Å². The lowest BCUT2D eigenvalue weighted by atomic mass is 10.1. The van der Waals surface area contributed by atoms with Crippen LogP contribution in [0.15, 0.2) is 41.3 Å². The molecule has 0 spiro atoms. The van der Waals surface area contributed by atoms with Crippen molar-refractivity contribution in [3.05, 3.63) is 59.2 Å². The minimum atomic E-state index is -0.849. The molecule has 108 valence electrons. The second kappa shape index (κ2) is 5.85. The van der Waals surface area contributed by atoms with Gasteiger partial charge in [-0.15, -0.1) is 11.8 Å². The zero-order valence-electron chi connectivity index (χ0n) is 11.0. The van der Waals surface area contributed by atoms with Gasteiger partial charge in [-0.3, -0.25) is 4.79 Å². The van der Waals surface area contributed by atoms with Crippen molar-refractivity contribution >= 4 is 18.0 Å². The van der Waals surface area contributed by atoms with E-state index in [1.54, 1.807) is 11.8 Å². The molecular weight excluding hydrogens is 294 g/mol. The predicted molar refractivity (Wildman–Crippen MR) is 77.0 cm³/mol. The Morgan fingerprint density at radius 2 is 1.95 bits per heavy atom. The first-order valence-corrected chi connectivity index (χ1v) is 7.37. The van der Waals surface area contributed by atoms with Crippen LogP contribution in [0.3, 0.4) is 0 Å². The van der Waals surface area contributed by atoms with Gasteiger partial charge in [0.1, 0.15) is 12.9 Å². The van der Waals surface area contributed by atoms with Gasteiger partial charge in [-0.1, -0.05) is 18.2 Å². The molecule has 2 aromatic rings. The molecule has 1 heterocycles. The average Bonchev–Trinajstić information content (AvgIpc) is 2.88. The number of benzene rings is 2. The van der Waals surface area contributed by atoms with E-state index in [4.69, 9.17) is 4.74 Å². The zero-order valence-corrected chi connectivity index (χ0v) is 11.8. The van der Waals surface area contributed by atoms with E-state index in [0.29, 0.717) is 6.29 Å². The highest BCUT2D eigenvalue weighted by Crippen LogP contribution is 2.37. The molecule has 1 atom stereocenters. The van der Waals surface area contributed by atoms with E-state index in [1.165, 1.54) is 10.5 Å². The molecule has 1 unspecified atom stereocenters. The van der Waals surface area contributed by atoms with Crippen LogP contribution in [-0.4, -0.2) is 18.1 Å². The first-order valence-electron chi connectivity index (χ1n) is 6.49. The lowest BCUT2D eigenvalue weighted by molar-refractivity contribution is 0.112. The van der Waals surface area contributed by atoms with Crippen LogP contribution in [0.25, 0.3) is 0 Å². The fourth-order valence-corrected chi connectivity index (χ4v) is 3.53. The Hall–Kier alpha value is -1.88. The van der Waals surface area contributed by atoms with Gasteiger partial charge < -0.3 is 4.74 Å². The molecule has 0 amide bonds. The predicted octanol–water partition coefficient (Wildman–Crippen LogP) is 3.87. The van der Waals surface area contributed by atoms with E-state index < -0.39 is 17.4 Å². The lowest BCUT2D eigenvalue weighted by Crippen LogP contribution is -2.15. The summed E-state index contributed by atoms with van der Waals surface area (Å²) in [6.45, 7) is 0.216. The molecule has 0 saturated carbocycles. The Morgan fingerprint density at radius 1 is 1.24 bits per heavy atom. The van der Waals surface area contributed by atoms with Gasteiger partial charge in [0.25, 0.3) is 0 Å². The summed E-state index contributed by atoms with van der Waals surface area (Å²) in [5, 5.41) is 0.131. The summed E-state index contributed by atoms with van der Waals surface area (Å²) in [7, 11) is 0. The number of ether oxygens (including phenoxy) is 1. The van der Waals surface area contributed by atoms with Crippen molar-refractivity contribution in [1.82, 2.24) is 0 Å². The normalized spacial score (nSPS) is 16.6. The molecule has 0 aromatic heterocycles. The van der Waals surface area contributed by atoms with Crippen molar-refractivity contribution in [3.63, 3.8) is 0 Å². The smallest absolute Gasteiger partial charge is 0.190 e. The molecule has 0 aliphatic carbocycles. The number of thioether (sulfide) groups is 1. The van der Waals surface area contributed by atoms with E-state index in [2.05, 4.69) is 0 Å². The highest BCUT2D eigenvalue weighted by molar-refractivity contribution is 8.00. The molecule has 1 aliphatic heterocycles. The summed E-state index contributed by atoms with van der Waals surface area (Å²) in [5.74, 6) is -2.12. The number of hydrogen-bond donors (Lipinski definition) is 0. The summed E-state index contributed by atoms with van der Waals surface area (Å²) >= 11 is 1.65. The zero-order chi connectivity index (χ0) is 14.8. The van der Waals surface area contributed by atoms with Gasteiger partial charge in [-0.05, 0) is 30.2 Å². The van der Waals surface area contributed by atoms with E-state index in [9.17, 15) is 13.6 Å². The van der Waals surface area contributed by atoms with Gasteiger partial charge in [-0.2, -0.15) is 0 Å². The molecule has 21 heavy (non-hydrogen) atoms. The van der Waals surface area contributed by atoms with E-state index >= 15 is 0 Å². The molecule has 5 heteroatoms. The molecule has 0 saturated heterocycles. The average molecular weight is 306 g/mol. The SMILES string of the molecule is O=Cc1cc(F)c(OCC2Cc3ccccc3S2)c(F)c1. The highest BCUT2D eigenvalue weighted by Gasteiger charge is 2.23. The van der Waals surface area contributed by atoms with Crippen molar-refractivity contribution < 1.29 is 18.3 Å². The first-order chi connectivity index (χ1) is 10.2. The third kappa shape index (κ3) is 2.93. The third-order valence-corrected chi connectivity index (χ3v) is 4.57. The molecule has 0 bridgehead atoms. The quantitative estimate of drug-likeness (QED) is 0.802. The number of fused-ring (bicyclic) bond motifs is 1. The largest absolute Gasteiger partial charge is 0.486 e. The molecule has 2 aromatic carbocycles. The lowest BCUT2D eigenvalue weighted by Gasteiger charge is -2.12. The topological polar surface area (TPSA) is 26.3 Å². The second-order valence-electron chi connectivity index (χ2n) is 4.79. The molecule has 0 fully saturated rings. The van der Waals surface area contributed by atoms with Crippen LogP contribution in [0.4, 0.5) is 8.78 Å². The third-order valence-electron chi connectivity index (χ3n) is 3.28. The number of halogens is 2. The minimum Gasteiger partial charge on any atom is -0.486 e. The Morgan fingerprint density at radius 3 is 2.62 bits per heavy atom. The van der Waals surface area contributed by atoms with Crippen LogP contribution >= 0.6 is 11.8 Å². The van der Waals surface area contributed by atoms with Gasteiger partial charge in [0.2, 0.25) is 0 Å². The van der Waals surface area contributed by atoms with Crippen molar-refractivity contribution in [2.24, 2.45) is 0 Å². The van der Waals surface area contributed by atoms with Gasteiger partial charge >= 0.3 is 0 Å². The van der Waals surface area contributed by atoms with E-state index in [0.717, 1.165) is 18.6 Å². The number of aldehydes is 1. The van der Waals surface area contributed by atoms with E-state index in [1.807, 2.05) is 24.3 Å². The van der Waals surface area contributed by atoms with Gasteiger partial charge in [-0.25, -0.2) is 8.78 Å². The monoisotopic (exact) mass is 306 g/mol. The molecule has 0 N–H and O–H groups in total. The standard InChI is InChI=1S/C16H12F2O2S/c17-13-5-10(8-19)6-14(18)16(13)20-9-12-7-11-3-1-2-4-15(11)21-12/h1-6,8,12H,7,9H2. The fourth-order valence-electron chi connectivity index (χ4n) is 2.31. The van der Waals surface area contributed by atoms with Gasteiger partial charge in [0.15, 0.2) is 17.4 Å². The summed E-state index contributed by atoms with van der Waals surface area (Å²) in [4.78, 5) is 11.7. The van der Waals surface area contributed by atoms with Crippen LogP contribution in [0.1, 0.15) is 15.9 Å². The maximum absolute atomic E-state index is 13.7. The minimum absolute atomic E-state index is 0.0417. The summed E-state index contributed by atoms with van der Waals surface area (Å²) in [5.41, 5.74) is 1.19. The molecule has 3 rings (SSSR count). The number of hydrogen-bond acceptors (Lipinski definition) is 3. The van der Waals surface area contributed by atoms with Gasteiger partial charge in [0, 0.05) is 15.7 Å². The Kier molecular flexibility index (Phi) is 3.92. The Balaban J connectivity index is 1.68. The summed E-state index contributed by atoms with van der Waals surface area (Å²) in [6.07, 6.45) is 1.22. The van der Waals surface area contributed by atoms with Crippen LogP contribution < -0.4 is 4.74 Å². The van der Waals surface area contributed by atoms with Crippen LogP contribution in [-0.2, 0) is 6.42 Å². The van der Waals surface area contributed by atoms with Crippen molar-refractivity contribution in [2.75, 3.05) is 6.61 Å². The molecule has 0 radical (unpaired) electrons. The molecule has 1 aliphatic rings. The summed E-state index contributed by atoms with van der Waals surface area (Å²) < 4.78 is 32.7. The fraction of sp³-hybridized carbons (Fsp3) is 0.188. The van der Waals surface area contributed by atoms with Crippen LogP contribution in [0.5, 0.6) is 5.75 Å². The van der Waals surface area contributed by atoms with Crippen LogP contribution in [0.2, 0.25) is 0 Å². The first kappa shape index (κ1) is 14.1. The second-order valence-corrected chi connectivity index (χ2v) is 6.14.